The predicted octanol–water partition coefficient (Wildman–Crippen LogP) is 3.48. The van der Waals surface area contributed by atoms with E-state index in [0.29, 0.717) is 11.4 Å². The minimum absolute atomic E-state index is 0.396. The zero-order valence-electron chi connectivity index (χ0n) is 6.56. The maximum absolute atomic E-state index is 8.55. The number of hydrogen-bond donors (Lipinski definition) is 0. The smallest absolute Gasteiger partial charge is 0.0670 e. The van der Waals surface area contributed by atoms with Gasteiger partial charge in [-0.1, -0.05) is 27.5 Å². The summed E-state index contributed by atoms with van der Waals surface area (Å²) in [5, 5.41) is 9.26. The van der Waals surface area contributed by atoms with Gasteiger partial charge in [0.05, 0.1) is 12.5 Å². The number of rotatable bonds is 1. The maximum Gasteiger partial charge on any atom is 0.0670 e. The van der Waals surface area contributed by atoms with Crippen molar-refractivity contribution in [2.45, 2.75) is 13.3 Å². The van der Waals surface area contributed by atoms with Crippen LogP contribution in [0, 0.1) is 18.3 Å². The van der Waals surface area contributed by atoms with E-state index >= 15 is 0 Å². The molecule has 0 spiro atoms. The molecule has 1 nitrogen and oxygen atoms in total. The molecule has 0 aliphatic carbocycles. The van der Waals surface area contributed by atoms with E-state index in [0.717, 1.165) is 15.6 Å². The van der Waals surface area contributed by atoms with Gasteiger partial charge < -0.3 is 0 Å². The fourth-order valence-corrected chi connectivity index (χ4v) is 1.74. The van der Waals surface area contributed by atoms with Crippen LogP contribution < -0.4 is 0 Å². The van der Waals surface area contributed by atoms with Crippen LogP contribution >= 0.6 is 27.5 Å². The molecule has 0 saturated heterocycles. The first kappa shape index (κ1) is 9.57. The first-order chi connectivity index (χ1) is 5.66. The maximum atomic E-state index is 8.55. The standard InChI is InChI=1S/C9H7BrClN/c1-6-7(4-5-12)8(10)2-3-9(6)11/h2-3H,4H2,1H3. The zero-order chi connectivity index (χ0) is 9.14. The van der Waals surface area contributed by atoms with Gasteiger partial charge in [0, 0.05) is 9.50 Å². The van der Waals surface area contributed by atoms with Gasteiger partial charge in [-0.3, -0.25) is 0 Å². The highest BCUT2D eigenvalue weighted by Gasteiger charge is 2.05. The Labute approximate surface area is 85.1 Å². The average Bonchev–Trinajstić information content (AvgIpc) is 2.06. The largest absolute Gasteiger partial charge is 0.198 e. The van der Waals surface area contributed by atoms with Gasteiger partial charge >= 0.3 is 0 Å². The lowest BCUT2D eigenvalue weighted by molar-refractivity contribution is 1.20. The van der Waals surface area contributed by atoms with Crippen molar-refractivity contribution in [1.29, 1.82) is 5.26 Å². The van der Waals surface area contributed by atoms with Crippen molar-refractivity contribution in [3.63, 3.8) is 0 Å². The van der Waals surface area contributed by atoms with Gasteiger partial charge in [0.25, 0.3) is 0 Å². The van der Waals surface area contributed by atoms with Gasteiger partial charge in [-0.2, -0.15) is 5.26 Å². The molecule has 1 aromatic carbocycles. The van der Waals surface area contributed by atoms with Crippen molar-refractivity contribution in [3.05, 3.63) is 32.8 Å². The van der Waals surface area contributed by atoms with Gasteiger partial charge in [-0.15, -0.1) is 0 Å². The molecule has 62 valence electrons. The lowest BCUT2D eigenvalue weighted by atomic mass is 10.1. The molecule has 0 saturated carbocycles. The van der Waals surface area contributed by atoms with Gasteiger partial charge in [-0.25, -0.2) is 0 Å². The Morgan fingerprint density at radius 2 is 2.25 bits per heavy atom. The summed E-state index contributed by atoms with van der Waals surface area (Å²) in [7, 11) is 0. The van der Waals surface area contributed by atoms with Gasteiger partial charge in [0.15, 0.2) is 0 Å². The van der Waals surface area contributed by atoms with Crippen LogP contribution in [0.2, 0.25) is 5.02 Å². The highest BCUT2D eigenvalue weighted by Crippen LogP contribution is 2.26. The van der Waals surface area contributed by atoms with Crippen LogP contribution in [0.15, 0.2) is 16.6 Å². The van der Waals surface area contributed by atoms with Gasteiger partial charge in [-0.05, 0) is 30.2 Å². The second-order valence-electron chi connectivity index (χ2n) is 2.47. The number of hydrogen-bond acceptors (Lipinski definition) is 1. The molecular formula is C9H7BrClN. The van der Waals surface area contributed by atoms with Crippen molar-refractivity contribution in [3.8, 4) is 6.07 Å². The summed E-state index contributed by atoms with van der Waals surface area (Å²) in [6.07, 6.45) is 0.396. The van der Waals surface area contributed by atoms with E-state index in [1.165, 1.54) is 0 Å². The summed E-state index contributed by atoms with van der Waals surface area (Å²) in [6.45, 7) is 1.92. The molecule has 0 fully saturated rings. The van der Waals surface area contributed by atoms with Crippen molar-refractivity contribution in [2.75, 3.05) is 0 Å². The predicted molar refractivity (Wildman–Crippen MR) is 53.2 cm³/mol. The van der Waals surface area contributed by atoms with Gasteiger partial charge in [0.2, 0.25) is 0 Å². The Kier molecular flexibility index (Phi) is 3.13. The van der Waals surface area contributed by atoms with Crippen LogP contribution in [0.3, 0.4) is 0 Å². The summed E-state index contributed by atoms with van der Waals surface area (Å²) < 4.78 is 0.950. The molecule has 0 aromatic heterocycles. The lowest BCUT2D eigenvalue weighted by Crippen LogP contribution is -1.89. The first-order valence-corrected chi connectivity index (χ1v) is 4.64. The molecule has 1 aromatic rings. The summed E-state index contributed by atoms with van der Waals surface area (Å²) in [6, 6.07) is 5.79. The Balaban J connectivity index is 3.25. The van der Waals surface area contributed by atoms with Crippen molar-refractivity contribution in [1.82, 2.24) is 0 Å². The lowest BCUT2D eigenvalue weighted by Gasteiger charge is -2.05. The molecule has 0 unspecified atom stereocenters. The van der Waals surface area contributed by atoms with Crippen LogP contribution in [-0.2, 0) is 6.42 Å². The molecule has 0 heterocycles. The molecule has 0 atom stereocenters. The number of halogens is 2. The topological polar surface area (TPSA) is 23.8 Å². The van der Waals surface area contributed by atoms with Crippen LogP contribution in [0.25, 0.3) is 0 Å². The molecule has 1 rings (SSSR count). The molecular weight excluding hydrogens is 237 g/mol. The number of nitriles is 1. The summed E-state index contributed by atoms with van der Waals surface area (Å²) in [5.74, 6) is 0. The Morgan fingerprint density at radius 1 is 1.58 bits per heavy atom. The van der Waals surface area contributed by atoms with Gasteiger partial charge in [0.1, 0.15) is 0 Å². The van der Waals surface area contributed by atoms with E-state index in [1.54, 1.807) is 0 Å². The fourth-order valence-electron chi connectivity index (χ4n) is 0.991. The van der Waals surface area contributed by atoms with Crippen LogP contribution in [0.5, 0.6) is 0 Å². The second kappa shape index (κ2) is 3.93. The van der Waals surface area contributed by atoms with E-state index in [9.17, 15) is 0 Å². The Bertz CT molecular complexity index is 341. The van der Waals surface area contributed by atoms with E-state index in [1.807, 2.05) is 19.1 Å². The average molecular weight is 245 g/mol. The first-order valence-electron chi connectivity index (χ1n) is 3.47. The highest BCUT2D eigenvalue weighted by atomic mass is 79.9. The number of benzene rings is 1. The minimum atomic E-state index is 0.396. The summed E-state index contributed by atoms with van der Waals surface area (Å²) >= 11 is 9.26. The van der Waals surface area contributed by atoms with E-state index in [-0.39, 0.29) is 0 Å². The Hall–Kier alpha value is -0.520. The molecule has 12 heavy (non-hydrogen) atoms. The molecule has 0 aliphatic heterocycles. The Morgan fingerprint density at radius 3 is 2.83 bits per heavy atom. The van der Waals surface area contributed by atoms with Crippen molar-refractivity contribution < 1.29 is 0 Å². The van der Waals surface area contributed by atoms with E-state index < -0.39 is 0 Å². The molecule has 0 N–H and O–H groups in total. The normalized spacial score (nSPS) is 9.50. The minimum Gasteiger partial charge on any atom is -0.198 e. The fraction of sp³-hybridized carbons (Fsp3) is 0.222. The monoisotopic (exact) mass is 243 g/mol. The molecule has 0 radical (unpaired) electrons. The van der Waals surface area contributed by atoms with Crippen molar-refractivity contribution >= 4 is 27.5 Å². The third-order valence-electron chi connectivity index (χ3n) is 1.73. The third kappa shape index (κ3) is 1.80. The quantitative estimate of drug-likeness (QED) is 0.742. The summed E-state index contributed by atoms with van der Waals surface area (Å²) in [5.41, 5.74) is 1.96. The van der Waals surface area contributed by atoms with Crippen LogP contribution in [0.4, 0.5) is 0 Å². The third-order valence-corrected chi connectivity index (χ3v) is 2.88. The van der Waals surface area contributed by atoms with E-state index in [2.05, 4.69) is 22.0 Å². The zero-order valence-corrected chi connectivity index (χ0v) is 8.91. The van der Waals surface area contributed by atoms with Crippen LogP contribution in [-0.4, -0.2) is 0 Å². The van der Waals surface area contributed by atoms with Crippen molar-refractivity contribution in [2.24, 2.45) is 0 Å². The molecule has 0 amide bonds. The summed E-state index contributed by atoms with van der Waals surface area (Å²) in [4.78, 5) is 0. The molecule has 0 aliphatic rings. The molecule has 3 heteroatoms. The molecule has 0 bridgehead atoms. The van der Waals surface area contributed by atoms with E-state index in [4.69, 9.17) is 16.9 Å². The second-order valence-corrected chi connectivity index (χ2v) is 3.73. The van der Waals surface area contributed by atoms with Crippen LogP contribution in [0.1, 0.15) is 11.1 Å². The number of nitrogens with zero attached hydrogens (tertiary/aromatic N) is 1. The highest BCUT2D eigenvalue weighted by molar-refractivity contribution is 9.10. The SMILES string of the molecule is Cc1c(Cl)ccc(Br)c1CC#N.